The van der Waals surface area contributed by atoms with Crippen LogP contribution in [0, 0.1) is 11.3 Å². The molecular weight excluding hydrogens is 346 g/mol. The van der Waals surface area contributed by atoms with Crippen molar-refractivity contribution in [2.75, 3.05) is 19.7 Å². The molecule has 148 valence electrons. The number of hydrogen-bond acceptors (Lipinski definition) is 5. The van der Waals surface area contributed by atoms with E-state index in [1.165, 1.54) is 0 Å². The lowest BCUT2D eigenvalue weighted by molar-refractivity contribution is -0.135. The van der Waals surface area contributed by atoms with Crippen LogP contribution in [0.2, 0.25) is 0 Å². The van der Waals surface area contributed by atoms with Gasteiger partial charge in [0, 0.05) is 36.5 Å². The standard InChI is InChI=1S/C19H29N5O3/c1-18(2,3)20-16(25)15-22-21-14-10-27-12-19(11-24(14)15)6-8-23(9-7-19)17(26)13-4-5-13/h13H,4-12H2,1-3H3,(H,20,25). The SMILES string of the molecule is CC(C)(C)NC(=O)c1nnc2n1CC1(CCN(C(=O)C3CC3)CC1)COC2. The van der Waals surface area contributed by atoms with Gasteiger partial charge in [0.1, 0.15) is 6.61 Å². The zero-order valence-electron chi connectivity index (χ0n) is 16.5. The summed E-state index contributed by atoms with van der Waals surface area (Å²) in [5.74, 6) is 1.42. The molecule has 1 aromatic heterocycles. The van der Waals surface area contributed by atoms with Crippen LogP contribution in [0.25, 0.3) is 0 Å². The van der Waals surface area contributed by atoms with Gasteiger partial charge in [-0.1, -0.05) is 0 Å². The Labute approximate surface area is 159 Å². The maximum Gasteiger partial charge on any atom is 0.289 e. The van der Waals surface area contributed by atoms with Gasteiger partial charge in [-0.3, -0.25) is 9.59 Å². The lowest BCUT2D eigenvalue weighted by Gasteiger charge is -2.41. The first-order valence-electron chi connectivity index (χ1n) is 9.88. The third-order valence-electron chi connectivity index (χ3n) is 5.71. The van der Waals surface area contributed by atoms with Crippen LogP contribution in [-0.4, -0.2) is 56.7 Å². The summed E-state index contributed by atoms with van der Waals surface area (Å²) in [6.45, 7) is 9.02. The average Bonchev–Trinajstić information content (AvgIpc) is 3.39. The molecular formula is C19H29N5O3. The van der Waals surface area contributed by atoms with Crippen LogP contribution in [0.3, 0.4) is 0 Å². The molecule has 27 heavy (non-hydrogen) atoms. The molecule has 1 saturated heterocycles. The summed E-state index contributed by atoms with van der Waals surface area (Å²) in [5, 5.41) is 11.3. The highest BCUT2D eigenvalue weighted by Crippen LogP contribution is 2.38. The van der Waals surface area contributed by atoms with E-state index >= 15 is 0 Å². The number of fused-ring (bicyclic) bond motifs is 1. The van der Waals surface area contributed by atoms with Gasteiger partial charge in [-0.2, -0.15) is 0 Å². The second kappa shape index (κ2) is 6.58. The first kappa shape index (κ1) is 18.4. The van der Waals surface area contributed by atoms with E-state index in [9.17, 15) is 9.59 Å². The van der Waals surface area contributed by atoms with E-state index in [-0.39, 0.29) is 22.8 Å². The van der Waals surface area contributed by atoms with Gasteiger partial charge in [-0.15, -0.1) is 10.2 Å². The number of nitrogens with one attached hydrogen (secondary N) is 1. The Balaban J connectivity index is 1.50. The maximum absolute atomic E-state index is 12.7. The zero-order chi connectivity index (χ0) is 19.2. The van der Waals surface area contributed by atoms with Crippen molar-refractivity contribution in [3.63, 3.8) is 0 Å². The van der Waals surface area contributed by atoms with Gasteiger partial charge in [0.2, 0.25) is 11.7 Å². The van der Waals surface area contributed by atoms with Crippen molar-refractivity contribution in [1.29, 1.82) is 0 Å². The summed E-state index contributed by atoms with van der Waals surface area (Å²) in [7, 11) is 0. The molecule has 3 aliphatic rings. The van der Waals surface area contributed by atoms with E-state index in [1.807, 2.05) is 30.2 Å². The van der Waals surface area contributed by atoms with Gasteiger partial charge in [0.05, 0.1) is 6.61 Å². The molecule has 1 saturated carbocycles. The molecule has 4 rings (SSSR count). The molecule has 0 unspecified atom stereocenters. The number of carbonyl (C=O) groups excluding carboxylic acids is 2. The van der Waals surface area contributed by atoms with Crippen molar-refractivity contribution in [2.45, 2.75) is 65.1 Å². The molecule has 2 fully saturated rings. The number of likely N-dealkylation sites (tertiary alicyclic amines) is 1. The summed E-state index contributed by atoms with van der Waals surface area (Å²) in [4.78, 5) is 27.0. The molecule has 2 amide bonds. The number of piperidine rings is 1. The number of aromatic nitrogens is 3. The molecule has 3 heterocycles. The van der Waals surface area contributed by atoms with E-state index < -0.39 is 0 Å². The maximum atomic E-state index is 12.7. The lowest BCUT2D eigenvalue weighted by atomic mass is 9.78. The number of ether oxygens (including phenoxy) is 1. The Morgan fingerprint density at radius 2 is 1.89 bits per heavy atom. The summed E-state index contributed by atoms with van der Waals surface area (Å²) < 4.78 is 7.83. The highest BCUT2D eigenvalue weighted by Gasteiger charge is 2.42. The highest BCUT2D eigenvalue weighted by atomic mass is 16.5. The summed E-state index contributed by atoms with van der Waals surface area (Å²) >= 11 is 0. The van der Waals surface area contributed by atoms with E-state index in [2.05, 4.69) is 15.5 Å². The normalized spacial score (nSPS) is 22.3. The zero-order valence-corrected chi connectivity index (χ0v) is 16.5. The molecule has 1 aromatic rings. The van der Waals surface area contributed by atoms with E-state index in [1.54, 1.807) is 0 Å². The monoisotopic (exact) mass is 375 g/mol. The van der Waals surface area contributed by atoms with Crippen LogP contribution in [0.5, 0.6) is 0 Å². The van der Waals surface area contributed by atoms with Crippen molar-refractivity contribution in [3.05, 3.63) is 11.6 Å². The minimum Gasteiger partial charge on any atom is -0.373 e. The predicted molar refractivity (Wildman–Crippen MR) is 97.9 cm³/mol. The molecule has 0 radical (unpaired) electrons. The molecule has 0 atom stereocenters. The van der Waals surface area contributed by atoms with Crippen molar-refractivity contribution in [1.82, 2.24) is 25.0 Å². The second-order valence-electron chi connectivity index (χ2n) is 9.32. The second-order valence-corrected chi connectivity index (χ2v) is 9.32. The van der Waals surface area contributed by atoms with Crippen LogP contribution < -0.4 is 5.32 Å². The lowest BCUT2D eigenvalue weighted by Crippen LogP contribution is -2.47. The smallest absolute Gasteiger partial charge is 0.289 e. The third-order valence-corrected chi connectivity index (χ3v) is 5.71. The number of rotatable bonds is 2. The van der Waals surface area contributed by atoms with Gasteiger partial charge in [-0.05, 0) is 46.5 Å². The van der Waals surface area contributed by atoms with E-state index in [0.29, 0.717) is 37.3 Å². The van der Waals surface area contributed by atoms with Crippen molar-refractivity contribution < 1.29 is 14.3 Å². The Bertz CT molecular complexity index is 739. The summed E-state index contributed by atoms with van der Waals surface area (Å²) in [6.07, 6.45) is 3.84. The number of hydrogen-bond donors (Lipinski definition) is 1. The Morgan fingerprint density at radius 3 is 2.52 bits per heavy atom. The quantitative estimate of drug-likeness (QED) is 0.843. The Kier molecular flexibility index (Phi) is 4.49. The summed E-state index contributed by atoms with van der Waals surface area (Å²) in [5.41, 5.74) is -0.415. The fraction of sp³-hybridized carbons (Fsp3) is 0.789. The van der Waals surface area contributed by atoms with Crippen LogP contribution in [0.15, 0.2) is 0 Å². The minimum absolute atomic E-state index is 0.0786. The van der Waals surface area contributed by atoms with Gasteiger partial charge in [-0.25, -0.2) is 0 Å². The molecule has 0 aromatic carbocycles. The molecule has 0 bridgehead atoms. The molecule has 1 spiro atoms. The number of nitrogens with zero attached hydrogens (tertiary/aromatic N) is 4. The van der Waals surface area contributed by atoms with Crippen LogP contribution in [0.4, 0.5) is 0 Å². The van der Waals surface area contributed by atoms with Gasteiger partial charge >= 0.3 is 0 Å². The van der Waals surface area contributed by atoms with Gasteiger partial charge in [0.15, 0.2) is 5.82 Å². The molecule has 8 heteroatoms. The molecule has 8 nitrogen and oxygen atoms in total. The minimum atomic E-state index is -0.336. The largest absolute Gasteiger partial charge is 0.373 e. The highest BCUT2D eigenvalue weighted by molar-refractivity contribution is 5.91. The Hall–Kier alpha value is -1.96. The van der Waals surface area contributed by atoms with Gasteiger partial charge < -0.3 is 19.5 Å². The third kappa shape index (κ3) is 3.85. The molecule has 1 N–H and O–H groups in total. The first-order chi connectivity index (χ1) is 12.8. The topological polar surface area (TPSA) is 89.4 Å². The van der Waals surface area contributed by atoms with Gasteiger partial charge in [0.25, 0.3) is 5.91 Å². The van der Waals surface area contributed by atoms with Crippen LogP contribution in [-0.2, 0) is 22.7 Å². The van der Waals surface area contributed by atoms with Crippen molar-refractivity contribution in [2.24, 2.45) is 11.3 Å². The number of amides is 2. The average molecular weight is 375 g/mol. The fourth-order valence-electron chi connectivity index (χ4n) is 4.00. The Morgan fingerprint density at radius 1 is 1.19 bits per heavy atom. The van der Waals surface area contributed by atoms with Crippen molar-refractivity contribution >= 4 is 11.8 Å². The van der Waals surface area contributed by atoms with E-state index in [4.69, 9.17) is 4.74 Å². The molecule has 2 aliphatic heterocycles. The van der Waals surface area contributed by atoms with Crippen LogP contribution >= 0.6 is 0 Å². The molecule has 1 aliphatic carbocycles. The van der Waals surface area contributed by atoms with Crippen LogP contribution in [0.1, 0.15) is 62.9 Å². The first-order valence-corrected chi connectivity index (χ1v) is 9.88. The fourth-order valence-corrected chi connectivity index (χ4v) is 4.00. The van der Waals surface area contributed by atoms with Crippen molar-refractivity contribution in [3.8, 4) is 0 Å². The van der Waals surface area contributed by atoms with E-state index in [0.717, 1.165) is 38.8 Å². The summed E-state index contributed by atoms with van der Waals surface area (Å²) in [6, 6.07) is 0. The number of carbonyl (C=O) groups is 2. The predicted octanol–water partition coefficient (Wildman–Crippen LogP) is 1.36.